The second-order valence-electron chi connectivity index (χ2n) is 10.00. The molecule has 0 N–H and O–H groups in total. The van der Waals surface area contributed by atoms with Crippen LogP contribution in [0.15, 0.2) is 23.2 Å². The van der Waals surface area contributed by atoms with Gasteiger partial charge in [-0.2, -0.15) is 0 Å². The Morgan fingerprint density at radius 2 is 2.03 bits per heavy atom. The molecule has 3 heterocycles. The van der Waals surface area contributed by atoms with Crippen LogP contribution in [0.25, 0.3) is 0 Å². The maximum atomic E-state index is 12.7. The molecule has 6 heteroatoms. The number of rotatable bonds is 4. The van der Waals surface area contributed by atoms with Crippen LogP contribution in [0.4, 0.5) is 0 Å². The van der Waals surface area contributed by atoms with Crippen LogP contribution in [0.2, 0.25) is 0 Å². The van der Waals surface area contributed by atoms with Crippen LogP contribution in [-0.4, -0.2) is 38.6 Å². The van der Waals surface area contributed by atoms with E-state index in [2.05, 4.69) is 37.8 Å². The van der Waals surface area contributed by atoms with Crippen LogP contribution in [-0.2, 0) is 17.6 Å². The minimum atomic E-state index is 0.137. The fraction of sp³-hybridized carbons (Fsp3) is 0.696. The van der Waals surface area contributed by atoms with Crippen molar-refractivity contribution < 1.29 is 9.32 Å². The molecule has 2 atom stereocenters. The molecule has 2 aromatic rings. The molecular formula is C23H34N4O2. The Kier molecular flexibility index (Phi) is 5.54. The van der Waals surface area contributed by atoms with E-state index in [0.29, 0.717) is 23.7 Å². The van der Waals surface area contributed by atoms with Crippen molar-refractivity contribution in [3.8, 4) is 0 Å². The van der Waals surface area contributed by atoms with Crippen LogP contribution in [0.1, 0.15) is 82.4 Å². The van der Waals surface area contributed by atoms with E-state index in [-0.39, 0.29) is 11.9 Å². The van der Waals surface area contributed by atoms with Gasteiger partial charge < -0.3 is 14.0 Å². The zero-order valence-electron chi connectivity index (χ0n) is 18.2. The lowest BCUT2D eigenvalue weighted by atomic mass is 9.71. The first kappa shape index (κ1) is 20.2. The van der Waals surface area contributed by atoms with Gasteiger partial charge in [0.15, 0.2) is 0 Å². The molecule has 1 fully saturated rings. The second-order valence-corrected chi connectivity index (χ2v) is 10.00. The summed E-state index contributed by atoms with van der Waals surface area (Å²) in [6.45, 7) is 10.7. The summed E-state index contributed by atoms with van der Waals surface area (Å²) < 4.78 is 7.86. The third-order valence-corrected chi connectivity index (χ3v) is 7.03. The van der Waals surface area contributed by atoms with Gasteiger partial charge in [-0.1, -0.05) is 25.9 Å². The molecule has 0 saturated carbocycles. The van der Waals surface area contributed by atoms with Crippen molar-refractivity contribution in [2.75, 3.05) is 13.1 Å². The van der Waals surface area contributed by atoms with Crippen molar-refractivity contribution >= 4 is 5.91 Å². The van der Waals surface area contributed by atoms with Gasteiger partial charge in [-0.05, 0) is 50.4 Å². The number of nitrogens with zero attached hydrogens (tertiary/aromatic N) is 4. The number of amides is 1. The summed E-state index contributed by atoms with van der Waals surface area (Å²) in [7, 11) is 0. The van der Waals surface area contributed by atoms with Crippen molar-refractivity contribution in [3.63, 3.8) is 0 Å². The van der Waals surface area contributed by atoms with Gasteiger partial charge in [0, 0.05) is 49.4 Å². The van der Waals surface area contributed by atoms with Crippen molar-refractivity contribution in [1.82, 2.24) is 19.6 Å². The number of carbonyl (C=O) groups is 1. The number of piperidine rings is 1. The quantitative estimate of drug-likeness (QED) is 0.767. The Bertz CT molecular complexity index is 826. The molecule has 158 valence electrons. The number of imidazole rings is 1. The molecule has 0 bridgehead atoms. The highest BCUT2D eigenvalue weighted by molar-refractivity contribution is 5.76. The number of hydrogen-bond donors (Lipinski definition) is 0. The Hall–Kier alpha value is -2.11. The number of aromatic nitrogens is 3. The average Bonchev–Trinajstić information content (AvgIpc) is 3.37. The summed E-state index contributed by atoms with van der Waals surface area (Å²) in [4.78, 5) is 18.8. The van der Waals surface area contributed by atoms with Crippen LogP contribution < -0.4 is 0 Å². The van der Waals surface area contributed by atoms with Gasteiger partial charge in [-0.25, -0.2) is 4.98 Å². The standard InChI is InChI=1S/C23H34N4O2/c1-16(27-12-9-24-15-27)13-21(28)26-10-7-17(8-11-26)22-19-14-18(23(2,3)4)5-6-20(19)25-29-22/h9,12,15-18H,5-8,10-11,13-14H2,1-4H3. The number of hydrogen-bond acceptors (Lipinski definition) is 4. The first-order valence-electron chi connectivity index (χ1n) is 11.1. The molecule has 0 aromatic carbocycles. The highest BCUT2D eigenvalue weighted by Crippen LogP contribution is 2.41. The number of likely N-dealkylation sites (tertiary alicyclic amines) is 1. The summed E-state index contributed by atoms with van der Waals surface area (Å²) in [5.74, 6) is 2.41. The lowest BCUT2D eigenvalue weighted by molar-refractivity contribution is -0.133. The van der Waals surface area contributed by atoms with E-state index >= 15 is 0 Å². The van der Waals surface area contributed by atoms with E-state index in [1.54, 1.807) is 12.5 Å². The third-order valence-electron chi connectivity index (χ3n) is 7.03. The lowest BCUT2D eigenvalue weighted by Gasteiger charge is -2.35. The Balaban J connectivity index is 1.36. The smallest absolute Gasteiger partial charge is 0.224 e. The van der Waals surface area contributed by atoms with Crippen molar-refractivity contribution in [2.24, 2.45) is 11.3 Å². The van der Waals surface area contributed by atoms with Gasteiger partial charge >= 0.3 is 0 Å². The molecule has 6 nitrogen and oxygen atoms in total. The van der Waals surface area contributed by atoms with E-state index in [9.17, 15) is 4.79 Å². The maximum Gasteiger partial charge on any atom is 0.224 e. The molecule has 0 spiro atoms. The Labute approximate surface area is 173 Å². The molecule has 1 aliphatic carbocycles. The normalized spacial score (nSPS) is 21.8. The summed E-state index contributed by atoms with van der Waals surface area (Å²) >= 11 is 0. The monoisotopic (exact) mass is 398 g/mol. The van der Waals surface area contributed by atoms with Gasteiger partial charge in [0.1, 0.15) is 5.76 Å². The molecule has 2 aromatic heterocycles. The molecule has 29 heavy (non-hydrogen) atoms. The van der Waals surface area contributed by atoms with Gasteiger partial charge in [-0.15, -0.1) is 0 Å². The molecule has 1 amide bonds. The first-order valence-corrected chi connectivity index (χ1v) is 11.1. The van der Waals surface area contributed by atoms with E-state index in [1.165, 1.54) is 17.7 Å². The topological polar surface area (TPSA) is 64.2 Å². The number of carbonyl (C=O) groups excluding carboxylic acids is 1. The molecule has 1 aliphatic heterocycles. The molecule has 0 radical (unpaired) electrons. The Morgan fingerprint density at radius 1 is 1.28 bits per heavy atom. The van der Waals surface area contributed by atoms with E-state index < -0.39 is 0 Å². The maximum absolute atomic E-state index is 12.7. The molecule has 1 saturated heterocycles. The highest BCUT2D eigenvalue weighted by atomic mass is 16.5. The van der Waals surface area contributed by atoms with Crippen molar-refractivity contribution in [3.05, 3.63) is 35.7 Å². The van der Waals surface area contributed by atoms with Crippen LogP contribution >= 0.6 is 0 Å². The predicted octanol–water partition coefficient (Wildman–Crippen LogP) is 4.38. The minimum absolute atomic E-state index is 0.137. The SMILES string of the molecule is CC(CC(=O)N1CCC(c2onc3c2CC(C(C)(C)C)CC3)CC1)n1ccnc1. The van der Waals surface area contributed by atoms with Gasteiger partial charge in [0.05, 0.1) is 12.0 Å². The molecule has 2 aliphatic rings. The summed E-state index contributed by atoms with van der Waals surface area (Å²) in [5, 5.41) is 4.41. The lowest BCUT2D eigenvalue weighted by Crippen LogP contribution is -2.38. The van der Waals surface area contributed by atoms with E-state index in [4.69, 9.17) is 4.52 Å². The fourth-order valence-corrected chi connectivity index (χ4v) is 4.90. The summed E-state index contributed by atoms with van der Waals surface area (Å²) in [6.07, 6.45) is 11.2. The van der Waals surface area contributed by atoms with E-state index in [0.717, 1.165) is 44.5 Å². The fourth-order valence-electron chi connectivity index (χ4n) is 4.90. The Morgan fingerprint density at radius 3 is 2.69 bits per heavy atom. The van der Waals surface area contributed by atoms with Crippen molar-refractivity contribution in [1.29, 1.82) is 0 Å². The van der Waals surface area contributed by atoms with E-state index in [1.807, 2.05) is 15.7 Å². The zero-order chi connectivity index (χ0) is 20.6. The highest BCUT2D eigenvalue weighted by Gasteiger charge is 2.35. The number of fused-ring (bicyclic) bond motifs is 1. The average molecular weight is 399 g/mol. The minimum Gasteiger partial charge on any atom is -0.361 e. The summed E-state index contributed by atoms with van der Waals surface area (Å²) in [6, 6.07) is 0.137. The van der Waals surface area contributed by atoms with Crippen LogP contribution in [0, 0.1) is 11.3 Å². The van der Waals surface area contributed by atoms with Gasteiger partial charge in [0.2, 0.25) is 5.91 Å². The molecule has 2 unspecified atom stereocenters. The van der Waals surface area contributed by atoms with Gasteiger partial charge in [0.25, 0.3) is 0 Å². The van der Waals surface area contributed by atoms with Crippen LogP contribution in [0.5, 0.6) is 0 Å². The summed E-state index contributed by atoms with van der Waals surface area (Å²) in [5.41, 5.74) is 2.86. The second kappa shape index (κ2) is 7.96. The predicted molar refractivity (Wildman–Crippen MR) is 112 cm³/mol. The van der Waals surface area contributed by atoms with Crippen LogP contribution in [0.3, 0.4) is 0 Å². The first-order chi connectivity index (χ1) is 13.8. The van der Waals surface area contributed by atoms with Gasteiger partial charge in [-0.3, -0.25) is 4.79 Å². The number of aryl methyl sites for hydroxylation is 1. The third kappa shape index (κ3) is 4.26. The molecular weight excluding hydrogens is 364 g/mol. The largest absolute Gasteiger partial charge is 0.361 e. The van der Waals surface area contributed by atoms with Crippen molar-refractivity contribution in [2.45, 2.75) is 78.2 Å². The molecule has 4 rings (SSSR count). The zero-order valence-corrected chi connectivity index (χ0v) is 18.2.